The SMILES string of the molecule is CC1=C(c2ccccc2C)C=CC(N)(N)C1. The third-order valence-corrected chi connectivity index (χ3v) is 3.03. The Bertz CT molecular complexity index is 467. The molecule has 0 saturated heterocycles. The highest BCUT2D eigenvalue weighted by atomic mass is 14.9. The molecule has 4 N–H and O–H groups in total. The summed E-state index contributed by atoms with van der Waals surface area (Å²) in [7, 11) is 0. The number of nitrogens with two attached hydrogens (primary N) is 2. The molecule has 1 aromatic carbocycles. The minimum atomic E-state index is -0.684. The van der Waals surface area contributed by atoms with Gasteiger partial charge in [0.15, 0.2) is 0 Å². The fraction of sp³-hybridized carbons (Fsp3) is 0.286. The number of benzene rings is 1. The second kappa shape index (κ2) is 3.89. The van der Waals surface area contributed by atoms with Gasteiger partial charge in [0.1, 0.15) is 0 Å². The van der Waals surface area contributed by atoms with Gasteiger partial charge in [0.05, 0.1) is 5.66 Å². The largest absolute Gasteiger partial charge is 0.310 e. The standard InChI is InChI=1S/C14H18N2/c1-10-5-3-4-6-12(10)13-7-8-14(15,16)9-11(13)2/h3-8H,9,15-16H2,1-2H3. The molecule has 0 aliphatic heterocycles. The predicted octanol–water partition coefficient (Wildman–Crippen LogP) is 2.34. The summed E-state index contributed by atoms with van der Waals surface area (Å²) < 4.78 is 0. The summed E-state index contributed by atoms with van der Waals surface area (Å²) in [5.74, 6) is 0. The highest BCUT2D eigenvalue weighted by molar-refractivity contribution is 5.79. The Balaban J connectivity index is 2.45. The zero-order valence-electron chi connectivity index (χ0n) is 9.83. The van der Waals surface area contributed by atoms with Gasteiger partial charge in [-0.25, -0.2) is 0 Å². The van der Waals surface area contributed by atoms with E-state index in [2.05, 4.69) is 38.1 Å². The molecule has 0 bridgehead atoms. The number of aryl methyl sites for hydroxylation is 1. The summed E-state index contributed by atoms with van der Waals surface area (Å²) >= 11 is 0. The fourth-order valence-electron chi connectivity index (χ4n) is 2.19. The van der Waals surface area contributed by atoms with Crippen molar-refractivity contribution in [1.29, 1.82) is 0 Å². The van der Waals surface area contributed by atoms with Crippen LogP contribution < -0.4 is 11.5 Å². The molecule has 0 unspecified atom stereocenters. The van der Waals surface area contributed by atoms with Crippen molar-refractivity contribution in [3.05, 3.63) is 53.1 Å². The molecular formula is C14H18N2. The Hall–Kier alpha value is -1.38. The first-order valence-corrected chi connectivity index (χ1v) is 5.52. The molecule has 0 saturated carbocycles. The Morgan fingerprint density at radius 1 is 1.12 bits per heavy atom. The number of rotatable bonds is 1. The van der Waals surface area contributed by atoms with E-state index in [9.17, 15) is 0 Å². The molecule has 0 radical (unpaired) electrons. The highest BCUT2D eigenvalue weighted by Gasteiger charge is 2.22. The molecule has 0 spiro atoms. The van der Waals surface area contributed by atoms with Crippen molar-refractivity contribution in [2.45, 2.75) is 25.9 Å². The maximum atomic E-state index is 5.90. The lowest BCUT2D eigenvalue weighted by Crippen LogP contribution is -2.48. The molecule has 1 aliphatic carbocycles. The fourth-order valence-corrected chi connectivity index (χ4v) is 2.19. The van der Waals surface area contributed by atoms with E-state index in [1.165, 1.54) is 22.3 Å². The molecule has 84 valence electrons. The Morgan fingerprint density at radius 2 is 1.81 bits per heavy atom. The average molecular weight is 214 g/mol. The van der Waals surface area contributed by atoms with Crippen molar-refractivity contribution >= 4 is 5.57 Å². The zero-order chi connectivity index (χ0) is 11.8. The van der Waals surface area contributed by atoms with Gasteiger partial charge >= 0.3 is 0 Å². The van der Waals surface area contributed by atoms with Crippen molar-refractivity contribution in [1.82, 2.24) is 0 Å². The van der Waals surface area contributed by atoms with E-state index in [1.54, 1.807) is 0 Å². The van der Waals surface area contributed by atoms with Gasteiger partial charge in [-0.2, -0.15) is 0 Å². The molecule has 0 fully saturated rings. The number of hydrogen-bond acceptors (Lipinski definition) is 2. The van der Waals surface area contributed by atoms with Crippen LogP contribution in [0.3, 0.4) is 0 Å². The molecule has 16 heavy (non-hydrogen) atoms. The van der Waals surface area contributed by atoms with E-state index in [0.29, 0.717) is 6.42 Å². The van der Waals surface area contributed by atoms with E-state index >= 15 is 0 Å². The van der Waals surface area contributed by atoms with Gasteiger partial charge in [0.25, 0.3) is 0 Å². The Kier molecular flexibility index (Phi) is 2.70. The lowest BCUT2D eigenvalue weighted by atomic mass is 9.87. The molecule has 0 amide bonds. The van der Waals surface area contributed by atoms with Crippen LogP contribution in [-0.4, -0.2) is 5.66 Å². The van der Waals surface area contributed by atoms with E-state index < -0.39 is 5.66 Å². The van der Waals surface area contributed by atoms with Gasteiger partial charge in [0.2, 0.25) is 0 Å². The second-order valence-electron chi connectivity index (χ2n) is 4.63. The maximum absolute atomic E-state index is 5.90. The lowest BCUT2D eigenvalue weighted by molar-refractivity contribution is 0.543. The summed E-state index contributed by atoms with van der Waals surface area (Å²) in [4.78, 5) is 0. The van der Waals surface area contributed by atoms with Gasteiger partial charge < -0.3 is 11.5 Å². The first-order valence-electron chi connectivity index (χ1n) is 5.52. The van der Waals surface area contributed by atoms with Crippen LogP contribution in [0.15, 0.2) is 42.0 Å². The minimum Gasteiger partial charge on any atom is -0.310 e. The maximum Gasteiger partial charge on any atom is 0.0869 e. The second-order valence-corrected chi connectivity index (χ2v) is 4.63. The summed E-state index contributed by atoms with van der Waals surface area (Å²) in [6.07, 6.45) is 4.65. The number of hydrogen-bond donors (Lipinski definition) is 2. The van der Waals surface area contributed by atoms with E-state index in [4.69, 9.17) is 11.5 Å². The number of allylic oxidation sites excluding steroid dienone is 2. The minimum absolute atomic E-state index is 0.684. The third kappa shape index (κ3) is 2.08. The lowest BCUT2D eigenvalue weighted by Gasteiger charge is -2.27. The van der Waals surface area contributed by atoms with Crippen LogP contribution in [0, 0.1) is 6.92 Å². The third-order valence-electron chi connectivity index (χ3n) is 3.03. The highest BCUT2D eigenvalue weighted by Crippen LogP contribution is 2.30. The van der Waals surface area contributed by atoms with Gasteiger partial charge in [-0.05, 0) is 36.6 Å². The molecule has 0 atom stereocenters. The van der Waals surface area contributed by atoms with Crippen molar-refractivity contribution in [2.24, 2.45) is 11.5 Å². The van der Waals surface area contributed by atoms with Crippen molar-refractivity contribution in [3.8, 4) is 0 Å². The molecule has 2 rings (SSSR count). The first-order chi connectivity index (χ1) is 7.49. The van der Waals surface area contributed by atoms with E-state index in [0.717, 1.165) is 0 Å². The van der Waals surface area contributed by atoms with Gasteiger partial charge in [-0.3, -0.25) is 0 Å². The zero-order valence-corrected chi connectivity index (χ0v) is 9.83. The average Bonchev–Trinajstić information content (AvgIpc) is 2.18. The molecule has 1 aliphatic rings. The normalized spacial score (nSPS) is 19.0. The van der Waals surface area contributed by atoms with Crippen LogP contribution in [0.2, 0.25) is 0 Å². The summed E-state index contributed by atoms with van der Waals surface area (Å²) in [6, 6.07) is 8.37. The molecule has 2 nitrogen and oxygen atoms in total. The molecule has 0 aromatic heterocycles. The van der Waals surface area contributed by atoms with Gasteiger partial charge in [-0.1, -0.05) is 35.9 Å². The molecular weight excluding hydrogens is 196 g/mol. The summed E-state index contributed by atoms with van der Waals surface area (Å²) in [5.41, 5.74) is 16.2. The van der Waals surface area contributed by atoms with Crippen molar-refractivity contribution < 1.29 is 0 Å². The van der Waals surface area contributed by atoms with Crippen molar-refractivity contribution in [3.63, 3.8) is 0 Å². The van der Waals surface area contributed by atoms with Crippen LogP contribution >= 0.6 is 0 Å². The predicted molar refractivity (Wildman–Crippen MR) is 68.6 cm³/mol. The monoisotopic (exact) mass is 214 g/mol. The van der Waals surface area contributed by atoms with Gasteiger partial charge in [-0.15, -0.1) is 0 Å². The van der Waals surface area contributed by atoms with Crippen LogP contribution in [0.1, 0.15) is 24.5 Å². The summed E-state index contributed by atoms with van der Waals surface area (Å²) in [5, 5.41) is 0. The summed E-state index contributed by atoms with van der Waals surface area (Å²) in [6.45, 7) is 4.22. The molecule has 1 aromatic rings. The molecule has 0 heterocycles. The topological polar surface area (TPSA) is 52.0 Å². The van der Waals surface area contributed by atoms with Crippen LogP contribution in [0.5, 0.6) is 0 Å². The van der Waals surface area contributed by atoms with Crippen LogP contribution in [0.25, 0.3) is 5.57 Å². The van der Waals surface area contributed by atoms with Gasteiger partial charge in [0, 0.05) is 6.42 Å². The molecule has 2 heteroatoms. The van der Waals surface area contributed by atoms with Crippen LogP contribution in [-0.2, 0) is 0 Å². The van der Waals surface area contributed by atoms with Crippen LogP contribution in [0.4, 0.5) is 0 Å². The quantitative estimate of drug-likeness (QED) is 0.705. The van der Waals surface area contributed by atoms with E-state index in [-0.39, 0.29) is 0 Å². The Morgan fingerprint density at radius 3 is 2.44 bits per heavy atom. The van der Waals surface area contributed by atoms with Crippen molar-refractivity contribution in [2.75, 3.05) is 0 Å². The first kappa shape index (κ1) is 11.1. The smallest absolute Gasteiger partial charge is 0.0869 e. The Labute approximate surface area is 96.6 Å². The van der Waals surface area contributed by atoms with E-state index in [1.807, 2.05) is 12.2 Å².